The maximum atomic E-state index is 12.9. The van der Waals surface area contributed by atoms with E-state index in [9.17, 15) is 8.78 Å². The number of halogens is 3. The lowest BCUT2D eigenvalue weighted by atomic mass is 10.3. The van der Waals surface area contributed by atoms with Gasteiger partial charge in [0, 0.05) is 25.9 Å². The van der Waals surface area contributed by atoms with Crippen molar-refractivity contribution in [2.24, 2.45) is 5.92 Å². The molecule has 7 heteroatoms. The average Bonchev–Trinajstić information content (AvgIpc) is 2.72. The zero-order valence-corrected chi connectivity index (χ0v) is 10.6. The summed E-state index contributed by atoms with van der Waals surface area (Å²) in [6.07, 6.45) is -0.00980. The minimum absolute atomic E-state index is 0.00980. The monoisotopic (exact) mass is 277 g/mol. The van der Waals surface area contributed by atoms with Crippen LogP contribution in [0.15, 0.2) is 12.1 Å². The van der Waals surface area contributed by atoms with Crippen LogP contribution in [0.5, 0.6) is 0 Å². The zero-order chi connectivity index (χ0) is 12.2. The van der Waals surface area contributed by atoms with Gasteiger partial charge >= 0.3 is 0 Å². The number of aromatic nitrogens is 1. The van der Waals surface area contributed by atoms with E-state index in [1.165, 1.54) is 12.1 Å². The highest BCUT2D eigenvalue weighted by molar-refractivity contribution is 8.02. The predicted molar refractivity (Wildman–Crippen MR) is 65.6 cm³/mol. The van der Waals surface area contributed by atoms with E-state index >= 15 is 0 Å². The molecule has 1 aromatic rings. The van der Waals surface area contributed by atoms with Crippen molar-refractivity contribution in [1.82, 2.24) is 4.98 Å². The van der Waals surface area contributed by atoms with E-state index in [1.54, 1.807) is 6.07 Å². The molecule has 1 aliphatic heterocycles. The molecule has 3 nitrogen and oxygen atoms in total. The molecule has 0 amide bonds. The van der Waals surface area contributed by atoms with Gasteiger partial charge in [-0.25, -0.2) is 13.8 Å². The van der Waals surface area contributed by atoms with Gasteiger partial charge < -0.3 is 0 Å². The number of anilines is 2. The van der Waals surface area contributed by atoms with E-state index in [2.05, 4.69) is 4.98 Å². The van der Waals surface area contributed by atoms with Crippen LogP contribution in [0, 0.1) is 5.92 Å². The summed E-state index contributed by atoms with van der Waals surface area (Å²) in [6, 6.07) is 3.50. The van der Waals surface area contributed by atoms with Crippen LogP contribution in [-0.2, 0) is 0 Å². The molecular weight excluding hydrogens is 268 g/mol. The number of fused-ring (bicyclic) bond motifs is 1. The maximum absolute atomic E-state index is 12.9. The molecule has 1 unspecified atom stereocenters. The van der Waals surface area contributed by atoms with Gasteiger partial charge in [-0.05, 0) is 12.1 Å². The second-order valence-electron chi connectivity index (χ2n) is 4.28. The molecule has 1 saturated carbocycles. The van der Waals surface area contributed by atoms with Gasteiger partial charge in [-0.1, -0.05) is 11.6 Å². The number of rotatable bonds is 2. The molecule has 1 aromatic heterocycles. The summed E-state index contributed by atoms with van der Waals surface area (Å²) in [6.45, 7) is 0.346. The highest BCUT2D eigenvalue weighted by atomic mass is 35.5. The molecule has 0 spiro atoms. The first kappa shape index (κ1) is 11.3. The minimum Gasteiger partial charge on any atom is -0.294 e. The topological polar surface area (TPSA) is 19.4 Å². The molecule has 1 fully saturated rings. The zero-order valence-electron chi connectivity index (χ0n) is 9.03. The molecule has 0 aromatic carbocycles. The maximum Gasteiger partial charge on any atom is 0.253 e. The lowest BCUT2D eigenvalue weighted by molar-refractivity contribution is 0.101. The summed E-state index contributed by atoms with van der Waals surface area (Å²) in [5.74, 6) is -2.29. The standard InChI is InChI=1S/C10H10ClF2N3S/c1-15-9-7(2-3-8(11)14-9)16(17-15)5-6-4-10(6,12)13/h2-3,6H,4-5H2,1H3. The number of pyridine rings is 1. The van der Waals surface area contributed by atoms with Crippen molar-refractivity contribution in [3.05, 3.63) is 17.3 Å². The van der Waals surface area contributed by atoms with E-state index in [-0.39, 0.29) is 6.42 Å². The Bertz CT molecular complexity index is 471. The fourth-order valence-corrected chi connectivity index (χ4v) is 3.00. The first-order chi connectivity index (χ1) is 7.97. The van der Waals surface area contributed by atoms with Crippen LogP contribution in [0.2, 0.25) is 5.15 Å². The van der Waals surface area contributed by atoms with E-state index < -0.39 is 11.8 Å². The Morgan fingerprint density at radius 3 is 2.94 bits per heavy atom. The Kier molecular flexibility index (Phi) is 2.42. The van der Waals surface area contributed by atoms with Crippen molar-refractivity contribution in [2.45, 2.75) is 12.3 Å². The third-order valence-electron chi connectivity index (χ3n) is 2.95. The van der Waals surface area contributed by atoms with Crippen LogP contribution in [0.4, 0.5) is 20.3 Å². The highest BCUT2D eigenvalue weighted by Crippen LogP contribution is 2.52. The Balaban J connectivity index is 1.82. The van der Waals surface area contributed by atoms with Crippen molar-refractivity contribution in [3.8, 4) is 0 Å². The van der Waals surface area contributed by atoms with Gasteiger partial charge in [-0.3, -0.25) is 8.61 Å². The molecule has 2 heterocycles. The van der Waals surface area contributed by atoms with Crippen LogP contribution in [0.25, 0.3) is 0 Å². The van der Waals surface area contributed by atoms with Gasteiger partial charge in [-0.15, -0.1) is 0 Å². The van der Waals surface area contributed by atoms with Gasteiger partial charge in [-0.2, -0.15) is 0 Å². The van der Waals surface area contributed by atoms with Gasteiger partial charge in [0.25, 0.3) is 5.92 Å². The summed E-state index contributed by atoms with van der Waals surface area (Å²) in [7, 11) is 1.85. The molecule has 3 rings (SSSR count). The van der Waals surface area contributed by atoms with Crippen molar-refractivity contribution < 1.29 is 8.78 Å². The van der Waals surface area contributed by atoms with E-state index in [0.717, 1.165) is 11.5 Å². The van der Waals surface area contributed by atoms with Crippen molar-refractivity contribution in [3.63, 3.8) is 0 Å². The number of hydrogen-bond acceptors (Lipinski definition) is 4. The van der Waals surface area contributed by atoms with Crippen LogP contribution in [0.1, 0.15) is 6.42 Å². The van der Waals surface area contributed by atoms with Crippen LogP contribution < -0.4 is 8.61 Å². The molecule has 0 radical (unpaired) electrons. The summed E-state index contributed by atoms with van der Waals surface area (Å²) in [5, 5.41) is 0.412. The van der Waals surface area contributed by atoms with E-state index in [4.69, 9.17) is 11.6 Å². The van der Waals surface area contributed by atoms with Crippen molar-refractivity contribution >= 4 is 35.2 Å². The Morgan fingerprint density at radius 1 is 1.59 bits per heavy atom. The quantitative estimate of drug-likeness (QED) is 0.610. The minimum atomic E-state index is -2.48. The lowest BCUT2D eigenvalue weighted by Crippen LogP contribution is -2.18. The third-order valence-corrected chi connectivity index (χ3v) is 4.12. The molecule has 1 aliphatic carbocycles. The molecule has 2 aliphatic rings. The first-order valence-electron chi connectivity index (χ1n) is 5.21. The van der Waals surface area contributed by atoms with Gasteiger partial charge in [0.15, 0.2) is 5.82 Å². The number of alkyl halides is 2. The molecule has 1 atom stereocenters. The number of hydrogen-bond donors (Lipinski definition) is 0. The first-order valence-corrected chi connectivity index (χ1v) is 6.32. The normalized spacial score (nSPS) is 25.1. The molecule has 92 valence electrons. The summed E-state index contributed by atoms with van der Waals surface area (Å²) < 4.78 is 29.5. The number of nitrogens with zero attached hydrogens (tertiary/aromatic N) is 3. The summed E-state index contributed by atoms with van der Waals surface area (Å²) in [4.78, 5) is 4.19. The third kappa shape index (κ3) is 1.93. The van der Waals surface area contributed by atoms with Gasteiger partial charge in [0.05, 0.1) is 17.8 Å². The molecule has 17 heavy (non-hydrogen) atoms. The highest BCUT2D eigenvalue weighted by Gasteiger charge is 2.57. The van der Waals surface area contributed by atoms with Crippen molar-refractivity contribution in [2.75, 3.05) is 22.2 Å². The second kappa shape index (κ2) is 3.62. The van der Waals surface area contributed by atoms with E-state index in [0.29, 0.717) is 11.7 Å². The Morgan fingerprint density at radius 2 is 2.29 bits per heavy atom. The van der Waals surface area contributed by atoms with Crippen molar-refractivity contribution in [1.29, 1.82) is 0 Å². The molecule has 0 saturated heterocycles. The van der Waals surface area contributed by atoms with Crippen LogP contribution in [0.3, 0.4) is 0 Å². The molecule has 0 bridgehead atoms. The average molecular weight is 278 g/mol. The van der Waals surface area contributed by atoms with E-state index in [1.807, 2.05) is 21.7 Å². The van der Waals surface area contributed by atoms with Gasteiger partial charge in [0.2, 0.25) is 0 Å². The fraction of sp³-hybridized carbons (Fsp3) is 0.500. The second-order valence-corrected chi connectivity index (χ2v) is 5.82. The fourth-order valence-electron chi connectivity index (χ4n) is 1.87. The lowest BCUT2D eigenvalue weighted by Gasteiger charge is -2.16. The van der Waals surface area contributed by atoms with Crippen LogP contribution >= 0.6 is 23.7 Å². The predicted octanol–water partition coefficient (Wildman–Crippen LogP) is 3.21. The van der Waals surface area contributed by atoms with Crippen LogP contribution in [-0.4, -0.2) is 24.5 Å². The Labute approximate surface area is 107 Å². The largest absolute Gasteiger partial charge is 0.294 e. The molecular formula is C10H10ClF2N3S. The Hall–Kier alpha value is -0.750. The smallest absolute Gasteiger partial charge is 0.253 e. The molecule has 0 N–H and O–H groups in total. The SMILES string of the molecule is CN1SN(CC2CC2(F)F)c2ccc(Cl)nc21. The summed E-state index contributed by atoms with van der Waals surface area (Å²) >= 11 is 7.20. The van der Waals surface area contributed by atoms with Gasteiger partial charge in [0.1, 0.15) is 5.15 Å². The summed E-state index contributed by atoms with van der Waals surface area (Å²) in [5.41, 5.74) is 0.851.